The number of ether oxygens (including phenoxy) is 1. The van der Waals surface area contributed by atoms with Crippen LogP contribution < -0.4 is 10.2 Å². The monoisotopic (exact) mass is 287 g/mol. The number of nitrogens with one attached hydrogen (secondary N) is 1. The molecule has 21 heavy (non-hydrogen) atoms. The first kappa shape index (κ1) is 15.5. The molecule has 0 unspecified atom stereocenters. The minimum absolute atomic E-state index is 0.00285. The molecule has 0 aliphatic rings. The van der Waals surface area contributed by atoms with Crippen molar-refractivity contribution in [3.8, 4) is 5.75 Å². The summed E-state index contributed by atoms with van der Waals surface area (Å²) in [5.41, 5.74) is 4.84. The van der Waals surface area contributed by atoms with Crippen molar-refractivity contribution in [2.75, 3.05) is 13.7 Å². The standard InChI is InChI=1S/C17H21NO3/c1-13(15-9-6-10-16(11-15)20-2)18-21-12-17(19)14-7-4-3-5-8-14/h3-11,13,17-19H,12H2,1-2H3/t13-,17-/m0/s1. The highest BCUT2D eigenvalue weighted by atomic mass is 16.6. The van der Waals surface area contributed by atoms with Crippen LogP contribution >= 0.6 is 0 Å². The summed E-state index contributed by atoms with van der Waals surface area (Å²) in [5, 5.41) is 10.0. The minimum atomic E-state index is -0.642. The van der Waals surface area contributed by atoms with Gasteiger partial charge < -0.3 is 9.84 Å². The van der Waals surface area contributed by atoms with E-state index in [0.717, 1.165) is 16.9 Å². The molecule has 0 bridgehead atoms. The quantitative estimate of drug-likeness (QED) is 0.769. The third-order valence-electron chi connectivity index (χ3n) is 3.28. The molecule has 0 saturated heterocycles. The van der Waals surface area contributed by atoms with E-state index in [1.54, 1.807) is 7.11 Å². The highest BCUT2D eigenvalue weighted by Gasteiger charge is 2.10. The fraction of sp³-hybridized carbons (Fsp3) is 0.294. The summed E-state index contributed by atoms with van der Waals surface area (Å²) >= 11 is 0. The van der Waals surface area contributed by atoms with E-state index in [1.807, 2.05) is 61.5 Å². The van der Waals surface area contributed by atoms with Crippen LogP contribution in [-0.2, 0) is 4.84 Å². The third kappa shape index (κ3) is 4.56. The van der Waals surface area contributed by atoms with Gasteiger partial charge in [-0.2, -0.15) is 5.48 Å². The summed E-state index contributed by atoms with van der Waals surface area (Å²) in [6.07, 6.45) is -0.642. The number of benzene rings is 2. The molecule has 0 heterocycles. The van der Waals surface area contributed by atoms with Crippen molar-refractivity contribution in [1.29, 1.82) is 0 Å². The van der Waals surface area contributed by atoms with Crippen LogP contribution in [0.5, 0.6) is 5.75 Å². The van der Waals surface area contributed by atoms with E-state index >= 15 is 0 Å². The molecule has 2 aromatic carbocycles. The fourth-order valence-corrected chi connectivity index (χ4v) is 2.00. The maximum atomic E-state index is 10.0. The molecule has 0 aliphatic heterocycles. The molecule has 0 radical (unpaired) electrons. The second kappa shape index (κ2) is 7.78. The Balaban J connectivity index is 1.82. The maximum absolute atomic E-state index is 10.0. The van der Waals surface area contributed by atoms with Crippen LogP contribution in [0.2, 0.25) is 0 Å². The van der Waals surface area contributed by atoms with Crippen molar-refractivity contribution in [3.63, 3.8) is 0 Å². The molecule has 0 aliphatic carbocycles. The lowest BCUT2D eigenvalue weighted by Gasteiger charge is -2.17. The molecule has 0 aromatic heterocycles. The molecule has 4 nitrogen and oxygen atoms in total. The van der Waals surface area contributed by atoms with Crippen molar-refractivity contribution >= 4 is 0 Å². The highest BCUT2D eigenvalue weighted by molar-refractivity contribution is 5.30. The van der Waals surface area contributed by atoms with Crippen LogP contribution in [0.3, 0.4) is 0 Å². The van der Waals surface area contributed by atoms with Gasteiger partial charge in [0, 0.05) is 0 Å². The van der Waals surface area contributed by atoms with Gasteiger partial charge in [-0.15, -0.1) is 0 Å². The Labute approximate surface area is 125 Å². The molecule has 4 heteroatoms. The van der Waals surface area contributed by atoms with Gasteiger partial charge in [0.2, 0.25) is 0 Å². The molecule has 0 saturated carbocycles. The molecule has 0 amide bonds. The van der Waals surface area contributed by atoms with Crippen molar-refractivity contribution in [3.05, 3.63) is 65.7 Å². The number of hydrogen-bond donors (Lipinski definition) is 2. The van der Waals surface area contributed by atoms with Crippen LogP contribution in [0.25, 0.3) is 0 Å². The van der Waals surface area contributed by atoms with Crippen LogP contribution in [0.15, 0.2) is 54.6 Å². The summed E-state index contributed by atoms with van der Waals surface area (Å²) in [4.78, 5) is 5.40. The van der Waals surface area contributed by atoms with Gasteiger partial charge in [0.25, 0.3) is 0 Å². The average molecular weight is 287 g/mol. The largest absolute Gasteiger partial charge is 0.497 e. The molecule has 2 atom stereocenters. The second-order valence-electron chi connectivity index (χ2n) is 4.85. The summed E-state index contributed by atoms with van der Waals surface area (Å²) in [7, 11) is 1.64. The Kier molecular flexibility index (Phi) is 5.75. The van der Waals surface area contributed by atoms with Gasteiger partial charge in [-0.25, -0.2) is 0 Å². The van der Waals surface area contributed by atoms with Gasteiger partial charge >= 0.3 is 0 Å². The zero-order valence-electron chi connectivity index (χ0n) is 12.3. The molecule has 2 N–H and O–H groups in total. The summed E-state index contributed by atoms with van der Waals surface area (Å²) in [6, 6.07) is 17.2. The van der Waals surface area contributed by atoms with Gasteiger partial charge in [0.05, 0.1) is 19.8 Å². The molecule has 0 fully saturated rings. The highest BCUT2D eigenvalue weighted by Crippen LogP contribution is 2.19. The fourth-order valence-electron chi connectivity index (χ4n) is 2.00. The Morgan fingerprint density at radius 3 is 2.48 bits per heavy atom. The van der Waals surface area contributed by atoms with E-state index < -0.39 is 6.10 Å². The number of hydroxylamine groups is 1. The first-order valence-corrected chi connectivity index (χ1v) is 6.95. The Morgan fingerprint density at radius 1 is 1.05 bits per heavy atom. The van der Waals surface area contributed by atoms with Gasteiger partial charge in [-0.05, 0) is 30.2 Å². The van der Waals surface area contributed by atoms with Gasteiger partial charge in [-0.3, -0.25) is 4.84 Å². The van der Waals surface area contributed by atoms with Crippen LogP contribution in [-0.4, -0.2) is 18.8 Å². The Hall–Kier alpha value is -1.88. The first-order valence-electron chi connectivity index (χ1n) is 6.95. The van der Waals surface area contributed by atoms with E-state index in [2.05, 4.69) is 5.48 Å². The van der Waals surface area contributed by atoms with Crippen molar-refractivity contribution in [1.82, 2.24) is 5.48 Å². The van der Waals surface area contributed by atoms with Crippen molar-refractivity contribution in [2.45, 2.75) is 19.1 Å². The van der Waals surface area contributed by atoms with Crippen LogP contribution in [0, 0.1) is 0 Å². The van der Waals surface area contributed by atoms with E-state index in [9.17, 15) is 5.11 Å². The Morgan fingerprint density at radius 2 is 1.76 bits per heavy atom. The van der Waals surface area contributed by atoms with Gasteiger partial charge in [0.15, 0.2) is 0 Å². The zero-order valence-corrected chi connectivity index (χ0v) is 12.3. The van der Waals surface area contributed by atoms with Crippen LogP contribution in [0.4, 0.5) is 0 Å². The molecular formula is C17H21NO3. The van der Waals surface area contributed by atoms with Crippen LogP contribution in [0.1, 0.15) is 30.2 Å². The molecule has 2 rings (SSSR count). The van der Waals surface area contributed by atoms with Crippen molar-refractivity contribution < 1.29 is 14.7 Å². The predicted octanol–water partition coefficient (Wildman–Crippen LogP) is 3.01. The number of hydrogen-bond acceptors (Lipinski definition) is 4. The molecular weight excluding hydrogens is 266 g/mol. The summed E-state index contributed by atoms with van der Waals surface area (Å²) in [5.74, 6) is 0.811. The minimum Gasteiger partial charge on any atom is -0.497 e. The van der Waals surface area contributed by atoms with Crippen molar-refractivity contribution in [2.24, 2.45) is 0 Å². The predicted molar refractivity (Wildman–Crippen MR) is 81.9 cm³/mol. The smallest absolute Gasteiger partial charge is 0.119 e. The van der Waals surface area contributed by atoms with E-state index in [0.29, 0.717) is 0 Å². The number of aliphatic hydroxyl groups excluding tert-OH is 1. The third-order valence-corrected chi connectivity index (χ3v) is 3.28. The lowest BCUT2D eigenvalue weighted by Crippen LogP contribution is -2.22. The lowest BCUT2D eigenvalue weighted by atomic mass is 10.1. The van der Waals surface area contributed by atoms with E-state index in [1.165, 1.54) is 0 Å². The average Bonchev–Trinajstić information content (AvgIpc) is 2.55. The van der Waals surface area contributed by atoms with E-state index in [4.69, 9.17) is 9.57 Å². The number of rotatable bonds is 7. The SMILES string of the molecule is COc1cccc([C@H](C)NOC[C@H](O)c2ccccc2)c1. The van der Waals surface area contributed by atoms with Gasteiger partial charge in [-0.1, -0.05) is 42.5 Å². The molecule has 2 aromatic rings. The summed E-state index contributed by atoms with van der Waals surface area (Å²) in [6.45, 7) is 2.18. The first-order chi connectivity index (χ1) is 10.2. The maximum Gasteiger partial charge on any atom is 0.119 e. The van der Waals surface area contributed by atoms with E-state index in [-0.39, 0.29) is 12.6 Å². The number of methoxy groups -OCH3 is 1. The molecule has 112 valence electrons. The van der Waals surface area contributed by atoms with Gasteiger partial charge in [0.1, 0.15) is 11.9 Å². The zero-order chi connectivity index (χ0) is 15.1. The normalized spacial score (nSPS) is 13.7. The topological polar surface area (TPSA) is 50.7 Å². The summed E-state index contributed by atoms with van der Waals surface area (Å²) < 4.78 is 5.20. The molecule has 0 spiro atoms. The second-order valence-corrected chi connectivity index (χ2v) is 4.85. The lowest BCUT2D eigenvalue weighted by molar-refractivity contribution is -0.0340. The number of aliphatic hydroxyl groups is 1. The Bertz CT molecular complexity index is 545.